The number of nitrogens with zero attached hydrogens (tertiary/aromatic N) is 2. The molecule has 196 valence electrons. The largest absolute Gasteiger partial charge is 0.497 e. The third kappa shape index (κ3) is 7.37. The minimum atomic E-state index is -1.17. The molecule has 0 spiro atoms. The van der Waals surface area contributed by atoms with Gasteiger partial charge in [0.15, 0.2) is 6.10 Å². The van der Waals surface area contributed by atoms with Crippen molar-refractivity contribution >= 4 is 23.4 Å². The number of likely N-dealkylation sites (tertiary alicyclic amines) is 1. The smallest absolute Gasteiger partial charge is 0.256 e. The number of carbonyl (C=O) groups excluding carboxylic acids is 2. The third-order valence-electron chi connectivity index (χ3n) is 6.76. The van der Waals surface area contributed by atoms with Crippen LogP contribution in [0.1, 0.15) is 54.6 Å². The summed E-state index contributed by atoms with van der Waals surface area (Å²) in [6.45, 7) is 4.11. The summed E-state index contributed by atoms with van der Waals surface area (Å²) >= 11 is 6.26. The highest BCUT2D eigenvalue weighted by atomic mass is 35.5. The van der Waals surface area contributed by atoms with Crippen molar-refractivity contribution in [3.8, 4) is 11.5 Å². The van der Waals surface area contributed by atoms with Gasteiger partial charge in [-0.2, -0.15) is 0 Å². The van der Waals surface area contributed by atoms with E-state index in [1.54, 1.807) is 68.6 Å². The van der Waals surface area contributed by atoms with Crippen molar-refractivity contribution < 1.29 is 24.2 Å². The Morgan fingerprint density at radius 3 is 2.50 bits per heavy atom. The molecular formula is C28H37ClN2O5. The van der Waals surface area contributed by atoms with Gasteiger partial charge in [0.2, 0.25) is 0 Å². The van der Waals surface area contributed by atoms with Gasteiger partial charge in [0, 0.05) is 27.2 Å². The first kappa shape index (κ1) is 27.8. The van der Waals surface area contributed by atoms with Gasteiger partial charge in [-0.15, -0.1) is 0 Å². The molecule has 1 aliphatic rings. The van der Waals surface area contributed by atoms with Gasteiger partial charge in [0.1, 0.15) is 11.5 Å². The number of benzene rings is 2. The highest BCUT2D eigenvalue weighted by molar-refractivity contribution is 6.34. The molecule has 2 aromatic carbocycles. The van der Waals surface area contributed by atoms with Crippen LogP contribution in [0.4, 0.5) is 0 Å². The van der Waals surface area contributed by atoms with Crippen LogP contribution >= 0.6 is 11.6 Å². The van der Waals surface area contributed by atoms with Gasteiger partial charge >= 0.3 is 0 Å². The van der Waals surface area contributed by atoms with Crippen LogP contribution in [0.15, 0.2) is 42.5 Å². The third-order valence-corrected chi connectivity index (χ3v) is 7.07. The second-order valence-electron chi connectivity index (χ2n) is 9.77. The van der Waals surface area contributed by atoms with E-state index < -0.39 is 6.10 Å². The van der Waals surface area contributed by atoms with Crippen molar-refractivity contribution in [2.75, 3.05) is 40.9 Å². The normalized spacial score (nSPS) is 15.8. The highest BCUT2D eigenvalue weighted by Gasteiger charge is 2.28. The molecule has 2 amide bonds. The molecule has 0 radical (unpaired) electrons. The van der Waals surface area contributed by atoms with E-state index in [1.807, 2.05) is 0 Å². The van der Waals surface area contributed by atoms with Crippen molar-refractivity contribution in [1.82, 2.24) is 9.80 Å². The Bertz CT molecular complexity index is 1040. The number of aliphatic hydroxyl groups is 1. The molecule has 1 heterocycles. The van der Waals surface area contributed by atoms with Crippen molar-refractivity contribution in [2.24, 2.45) is 11.8 Å². The van der Waals surface area contributed by atoms with Crippen LogP contribution in [0.3, 0.4) is 0 Å². The van der Waals surface area contributed by atoms with E-state index in [0.717, 1.165) is 25.7 Å². The Labute approximate surface area is 218 Å². The Kier molecular flexibility index (Phi) is 10.0. The Morgan fingerprint density at radius 2 is 1.86 bits per heavy atom. The fraction of sp³-hybridized carbons (Fsp3) is 0.500. The first-order valence-corrected chi connectivity index (χ1v) is 12.8. The summed E-state index contributed by atoms with van der Waals surface area (Å²) in [6, 6.07) is 12.2. The molecule has 0 aromatic heterocycles. The topological polar surface area (TPSA) is 79.3 Å². The number of rotatable bonds is 10. The lowest BCUT2D eigenvalue weighted by atomic mass is 9.86. The SMILES string of the molecule is COc1cccc([C@@H](O)C(=O)N2CCC(C[C@@H](C)CCOc3ccc(C(=O)N(C)C)c(Cl)c3)CC2)c1. The molecule has 2 atom stereocenters. The van der Waals surface area contributed by atoms with Crippen LogP contribution in [0, 0.1) is 11.8 Å². The molecule has 0 bridgehead atoms. The summed E-state index contributed by atoms with van der Waals surface area (Å²) in [5, 5.41) is 10.9. The molecule has 7 nitrogen and oxygen atoms in total. The summed E-state index contributed by atoms with van der Waals surface area (Å²) in [6.07, 6.45) is 2.67. The number of hydrogen-bond acceptors (Lipinski definition) is 5. The van der Waals surface area contributed by atoms with Crippen LogP contribution in [-0.2, 0) is 4.79 Å². The Balaban J connectivity index is 1.40. The zero-order chi connectivity index (χ0) is 26.2. The quantitative estimate of drug-likeness (QED) is 0.490. The second kappa shape index (κ2) is 13.0. The number of piperidine rings is 1. The molecule has 0 unspecified atom stereocenters. The molecule has 1 aliphatic heterocycles. The van der Waals surface area contributed by atoms with Crippen molar-refractivity contribution in [3.63, 3.8) is 0 Å². The number of ether oxygens (including phenoxy) is 2. The number of aliphatic hydroxyl groups excluding tert-OH is 1. The van der Waals surface area contributed by atoms with Crippen molar-refractivity contribution in [1.29, 1.82) is 0 Å². The number of amides is 2. The molecule has 2 aromatic rings. The van der Waals surface area contributed by atoms with Crippen molar-refractivity contribution in [3.05, 3.63) is 58.6 Å². The zero-order valence-corrected chi connectivity index (χ0v) is 22.3. The fourth-order valence-electron chi connectivity index (χ4n) is 4.58. The molecule has 3 rings (SSSR count). The molecule has 1 fully saturated rings. The van der Waals surface area contributed by atoms with Gasteiger partial charge in [-0.3, -0.25) is 9.59 Å². The summed E-state index contributed by atoms with van der Waals surface area (Å²) in [5.41, 5.74) is 1.01. The summed E-state index contributed by atoms with van der Waals surface area (Å²) in [4.78, 5) is 28.2. The van der Waals surface area contributed by atoms with E-state index in [1.165, 1.54) is 4.90 Å². The van der Waals surface area contributed by atoms with Crippen LogP contribution in [0.2, 0.25) is 5.02 Å². The average Bonchev–Trinajstić information content (AvgIpc) is 2.88. The predicted octanol–water partition coefficient (Wildman–Crippen LogP) is 4.82. The molecule has 1 saturated heterocycles. The molecule has 0 saturated carbocycles. The first-order valence-electron chi connectivity index (χ1n) is 12.4. The van der Waals surface area contributed by atoms with Gasteiger partial charge in [-0.1, -0.05) is 30.7 Å². The van der Waals surface area contributed by atoms with Gasteiger partial charge in [0.25, 0.3) is 11.8 Å². The maximum absolute atomic E-state index is 12.8. The maximum atomic E-state index is 12.8. The standard InChI is InChI=1S/C28H37ClN2O5/c1-19(12-15-36-23-8-9-24(25(29)18-23)27(33)30(2)3)16-20-10-13-31(14-11-20)28(34)26(32)21-6-5-7-22(17-21)35-4/h5-9,17-20,26,32H,10-16H2,1-4H3/t19-,26+/m0/s1. The summed E-state index contributed by atoms with van der Waals surface area (Å²) in [7, 11) is 4.95. The zero-order valence-electron chi connectivity index (χ0n) is 21.6. The van der Waals surface area contributed by atoms with E-state index in [-0.39, 0.29) is 11.8 Å². The minimum Gasteiger partial charge on any atom is -0.497 e. The van der Waals surface area contributed by atoms with E-state index in [4.69, 9.17) is 21.1 Å². The summed E-state index contributed by atoms with van der Waals surface area (Å²) in [5.74, 6) is 1.91. The first-order chi connectivity index (χ1) is 17.2. The predicted molar refractivity (Wildman–Crippen MR) is 141 cm³/mol. The number of halogens is 1. The number of hydrogen-bond donors (Lipinski definition) is 1. The molecule has 36 heavy (non-hydrogen) atoms. The average molecular weight is 517 g/mol. The van der Waals surface area contributed by atoms with E-state index in [9.17, 15) is 14.7 Å². The van der Waals surface area contributed by atoms with Crippen LogP contribution in [-0.4, -0.2) is 67.6 Å². The number of carbonyl (C=O) groups is 2. The molecule has 0 aliphatic carbocycles. The maximum Gasteiger partial charge on any atom is 0.256 e. The van der Waals surface area contributed by atoms with E-state index >= 15 is 0 Å². The lowest BCUT2D eigenvalue weighted by Crippen LogP contribution is -2.41. The van der Waals surface area contributed by atoms with E-state index in [2.05, 4.69) is 6.92 Å². The second-order valence-corrected chi connectivity index (χ2v) is 10.2. The van der Waals surface area contributed by atoms with Gasteiger partial charge < -0.3 is 24.4 Å². The van der Waals surface area contributed by atoms with Crippen LogP contribution < -0.4 is 9.47 Å². The minimum absolute atomic E-state index is 0.136. The molecular weight excluding hydrogens is 480 g/mol. The van der Waals surface area contributed by atoms with Crippen LogP contribution in [0.25, 0.3) is 0 Å². The molecule has 8 heteroatoms. The Morgan fingerprint density at radius 1 is 1.14 bits per heavy atom. The summed E-state index contributed by atoms with van der Waals surface area (Å²) < 4.78 is 11.1. The van der Waals surface area contributed by atoms with Gasteiger partial charge in [-0.05, 0) is 73.4 Å². The van der Waals surface area contributed by atoms with E-state index in [0.29, 0.717) is 59.2 Å². The lowest BCUT2D eigenvalue weighted by Gasteiger charge is -2.34. The highest BCUT2D eigenvalue weighted by Crippen LogP contribution is 2.29. The number of methoxy groups -OCH3 is 1. The van der Waals surface area contributed by atoms with Crippen LogP contribution in [0.5, 0.6) is 11.5 Å². The Hall–Kier alpha value is -2.77. The van der Waals surface area contributed by atoms with Gasteiger partial charge in [-0.25, -0.2) is 0 Å². The van der Waals surface area contributed by atoms with Gasteiger partial charge in [0.05, 0.1) is 24.3 Å². The lowest BCUT2D eigenvalue weighted by molar-refractivity contribution is -0.142. The fourth-order valence-corrected chi connectivity index (χ4v) is 4.83. The van der Waals surface area contributed by atoms with Crippen molar-refractivity contribution in [2.45, 2.75) is 38.7 Å². The molecule has 1 N–H and O–H groups in total. The monoisotopic (exact) mass is 516 g/mol.